The van der Waals surface area contributed by atoms with Crippen molar-refractivity contribution in [1.82, 2.24) is 0 Å². The zero-order valence-electron chi connectivity index (χ0n) is 5.83. The molecule has 0 bridgehead atoms. The second-order valence-corrected chi connectivity index (χ2v) is 1.85. The highest BCUT2D eigenvalue weighted by molar-refractivity contribution is 4.99. The average molecular weight is 125 g/mol. The van der Waals surface area contributed by atoms with Crippen molar-refractivity contribution < 1.29 is 0 Å². The molecule has 0 N–H and O–H groups in total. The van der Waals surface area contributed by atoms with Crippen molar-refractivity contribution in [3.8, 4) is 0 Å². The predicted molar refractivity (Wildman–Crippen MR) is 38.1 cm³/mol. The second-order valence-electron chi connectivity index (χ2n) is 1.85. The van der Waals surface area contributed by atoms with Crippen molar-refractivity contribution in [2.45, 2.75) is 20.3 Å². The molecule has 3 nitrogen and oxygen atoms in total. The molecule has 0 aliphatic rings. The lowest BCUT2D eigenvalue weighted by Crippen LogP contribution is -1.78. The summed E-state index contributed by atoms with van der Waals surface area (Å²) in [5.41, 5.74) is 9.05. The van der Waals surface area contributed by atoms with Gasteiger partial charge in [-0.25, -0.2) is 0 Å². The molecule has 9 heavy (non-hydrogen) atoms. The number of rotatable bonds is 3. The van der Waals surface area contributed by atoms with Crippen LogP contribution >= 0.6 is 0 Å². The van der Waals surface area contributed by atoms with Gasteiger partial charge in [-0.15, -0.1) is 0 Å². The summed E-state index contributed by atoms with van der Waals surface area (Å²) in [7, 11) is 0. The quantitative estimate of drug-likeness (QED) is 0.241. The third-order valence-electron chi connectivity index (χ3n) is 0.936. The maximum atomic E-state index is 7.91. The van der Waals surface area contributed by atoms with Crippen molar-refractivity contribution in [1.29, 1.82) is 0 Å². The van der Waals surface area contributed by atoms with Crippen LogP contribution in [-0.2, 0) is 0 Å². The molecule has 0 unspecified atom stereocenters. The number of hydrogen-bond donors (Lipinski definition) is 0. The zero-order chi connectivity index (χ0) is 7.11. The Kier molecular flexibility index (Phi) is 4.64. The maximum absolute atomic E-state index is 7.91. The topological polar surface area (TPSA) is 48.8 Å². The molecule has 0 radical (unpaired) electrons. The Morgan fingerprint density at radius 1 is 1.78 bits per heavy atom. The number of allylic oxidation sites excluding steroid dienone is 1. The lowest BCUT2D eigenvalue weighted by Gasteiger charge is -1.89. The van der Waals surface area contributed by atoms with E-state index in [4.69, 9.17) is 5.53 Å². The number of azide groups is 1. The fourth-order valence-electron chi connectivity index (χ4n) is 0.556. The first-order valence-electron chi connectivity index (χ1n) is 2.97. The lowest BCUT2D eigenvalue weighted by molar-refractivity contribution is 1.07. The van der Waals surface area contributed by atoms with Crippen LogP contribution < -0.4 is 0 Å². The fourth-order valence-corrected chi connectivity index (χ4v) is 0.556. The Hall–Kier alpha value is -0.950. The van der Waals surface area contributed by atoms with Crippen LogP contribution in [0.3, 0.4) is 0 Å². The monoisotopic (exact) mass is 125 g/mol. The Balaban J connectivity index is 3.61. The molecule has 0 rings (SSSR count). The van der Waals surface area contributed by atoms with E-state index in [1.54, 1.807) is 0 Å². The van der Waals surface area contributed by atoms with E-state index in [2.05, 4.69) is 23.0 Å². The summed E-state index contributed by atoms with van der Waals surface area (Å²) in [4.78, 5) is 2.64. The van der Waals surface area contributed by atoms with Gasteiger partial charge in [0.25, 0.3) is 0 Å². The van der Waals surface area contributed by atoms with E-state index in [9.17, 15) is 0 Å². The molecule has 0 heterocycles. The van der Waals surface area contributed by atoms with Gasteiger partial charge < -0.3 is 0 Å². The molecule has 3 heteroatoms. The molecule has 0 aromatic rings. The molecule has 0 fully saturated rings. The fraction of sp³-hybridized carbons (Fsp3) is 0.667. The predicted octanol–water partition coefficient (Wildman–Crippen LogP) is 2.65. The molecule has 0 saturated heterocycles. The molecule has 0 aliphatic heterocycles. The highest BCUT2D eigenvalue weighted by atomic mass is 15.1. The van der Waals surface area contributed by atoms with Crippen LogP contribution in [0, 0.1) is 0 Å². The van der Waals surface area contributed by atoms with Gasteiger partial charge in [-0.2, -0.15) is 0 Å². The minimum absolute atomic E-state index is 0.504. The summed E-state index contributed by atoms with van der Waals surface area (Å²) < 4.78 is 0. The van der Waals surface area contributed by atoms with Gasteiger partial charge in [0, 0.05) is 11.5 Å². The SMILES string of the molecule is CC/C=C(\C)CN=[N+]=[N-]. The van der Waals surface area contributed by atoms with E-state index in [0.717, 1.165) is 12.0 Å². The minimum atomic E-state index is 0.504. The molecule has 0 spiro atoms. The van der Waals surface area contributed by atoms with Gasteiger partial charge in [0.2, 0.25) is 0 Å². The van der Waals surface area contributed by atoms with E-state index in [0.29, 0.717) is 6.54 Å². The molecule has 0 amide bonds. The minimum Gasteiger partial charge on any atom is -0.0896 e. The van der Waals surface area contributed by atoms with Crippen LogP contribution in [0.15, 0.2) is 16.8 Å². The smallest absolute Gasteiger partial charge is 0.0467 e. The molecule has 0 aromatic heterocycles. The highest BCUT2D eigenvalue weighted by Gasteiger charge is 1.81. The van der Waals surface area contributed by atoms with E-state index in [-0.39, 0.29) is 0 Å². The van der Waals surface area contributed by atoms with Crippen molar-refractivity contribution >= 4 is 0 Å². The summed E-state index contributed by atoms with van der Waals surface area (Å²) >= 11 is 0. The Labute approximate surface area is 55.0 Å². The summed E-state index contributed by atoms with van der Waals surface area (Å²) in [5, 5.41) is 3.40. The molecule has 50 valence electrons. The summed E-state index contributed by atoms with van der Waals surface area (Å²) in [6, 6.07) is 0. The Bertz CT molecular complexity index is 142. The van der Waals surface area contributed by atoms with Gasteiger partial charge in [-0.1, -0.05) is 23.7 Å². The van der Waals surface area contributed by atoms with Gasteiger partial charge in [0.05, 0.1) is 0 Å². The third kappa shape index (κ3) is 4.91. The molecular formula is C6H11N3. The first kappa shape index (κ1) is 8.05. The highest BCUT2D eigenvalue weighted by Crippen LogP contribution is 1.94. The largest absolute Gasteiger partial charge is 0.0896 e. The van der Waals surface area contributed by atoms with Crippen molar-refractivity contribution in [2.24, 2.45) is 5.11 Å². The number of hydrogen-bond acceptors (Lipinski definition) is 1. The lowest BCUT2D eigenvalue weighted by atomic mass is 10.2. The molecule has 0 aromatic carbocycles. The van der Waals surface area contributed by atoms with Crippen molar-refractivity contribution in [3.05, 3.63) is 22.1 Å². The summed E-state index contributed by atoms with van der Waals surface area (Å²) in [5.74, 6) is 0. The first-order chi connectivity index (χ1) is 4.31. The van der Waals surface area contributed by atoms with Crippen LogP contribution in [0.2, 0.25) is 0 Å². The van der Waals surface area contributed by atoms with Gasteiger partial charge in [0.1, 0.15) is 0 Å². The molecule has 0 saturated carbocycles. The first-order valence-corrected chi connectivity index (χ1v) is 2.97. The van der Waals surface area contributed by atoms with Crippen LogP contribution in [0.25, 0.3) is 10.4 Å². The van der Waals surface area contributed by atoms with Gasteiger partial charge >= 0.3 is 0 Å². The Morgan fingerprint density at radius 2 is 2.44 bits per heavy atom. The number of nitrogens with zero attached hydrogens (tertiary/aromatic N) is 3. The standard InChI is InChI=1S/C6H11N3/c1-3-4-6(2)5-8-9-7/h4H,3,5H2,1-2H3/b6-4+. The van der Waals surface area contributed by atoms with Crippen LogP contribution in [0.1, 0.15) is 20.3 Å². The Morgan fingerprint density at radius 3 is 2.89 bits per heavy atom. The zero-order valence-corrected chi connectivity index (χ0v) is 5.83. The normalized spacial score (nSPS) is 10.7. The van der Waals surface area contributed by atoms with Crippen LogP contribution in [-0.4, -0.2) is 6.54 Å². The van der Waals surface area contributed by atoms with E-state index in [1.165, 1.54) is 0 Å². The van der Waals surface area contributed by atoms with Crippen LogP contribution in [0.5, 0.6) is 0 Å². The third-order valence-corrected chi connectivity index (χ3v) is 0.936. The van der Waals surface area contributed by atoms with E-state index in [1.807, 2.05) is 6.92 Å². The van der Waals surface area contributed by atoms with Gasteiger partial charge in [-0.05, 0) is 18.9 Å². The van der Waals surface area contributed by atoms with Gasteiger partial charge in [-0.3, -0.25) is 0 Å². The van der Waals surface area contributed by atoms with Crippen LogP contribution in [0.4, 0.5) is 0 Å². The van der Waals surface area contributed by atoms with Gasteiger partial charge in [0.15, 0.2) is 0 Å². The van der Waals surface area contributed by atoms with E-state index >= 15 is 0 Å². The molecular weight excluding hydrogens is 114 g/mol. The maximum Gasteiger partial charge on any atom is 0.0467 e. The van der Waals surface area contributed by atoms with Crippen molar-refractivity contribution in [3.63, 3.8) is 0 Å². The van der Waals surface area contributed by atoms with Crippen molar-refractivity contribution in [2.75, 3.05) is 6.54 Å². The molecule has 0 aliphatic carbocycles. The average Bonchev–Trinajstić information content (AvgIpc) is 1.85. The summed E-state index contributed by atoms with van der Waals surface area (Å²) in [6.45, 7) is 4.52. The van der Waals surface area contributed by atoms with E-state index < -0.39 is 0 Å². The molecule has 0 atom stereocenters. The summed E-state index contributed by atoms with van der Waals surface area (Å²) in [6.07, 6.45) is 3.06. The second kappa shape index (κ2) is 5.19.